The molecule has 4 nitrogen and oxygen atoms in total. The minimum atomic E-state index is -0.120. The van der Waals surface area contributed by atoms with Gasteiger partial charge in [0.2, 0.25) is 0 Å². The van der Waals surface area contributed by atoms with Crippen molar-refractivity contribution in [3.05, 3.63) is 59.8 Å². The molecule has 0 atom stereocenters. The van der Waals surface area contributed by atoms with Crippen molar-refractivity contribution in [2.45, 2.75) is 6.92 Å². The van der Waals surface area contributed by atoms with Crippen LogP contribution in [0.25, 0.3) is 10.9 Å². The Morgan fingerprint density at radius 2 is 2.05 bits per heavy atom. The number of anilines is 1. The van der Waals surface area contributed by atoms with Crippen LogP contribution in [0.15, 0.2) is 48.7 Å². The van der Waals surface area contributed by atoms with Crippen molar-refractivity contribution < 1.29 is 4.79 Å². The first-order valence-electron chi connectivity index (χ1n) is 6.04. The van der Waals surface area contributed by atoms with Crippen molar-refractivity contribution in [2.24, 2.45) is 0 Å². The van der Waals surface area contributed by atoms with Gasteiger partial charge >= 0.3 is 0 Å². The molecular weight excluding hydrogens is 238 g/mol. The summed E-state index contributed by atoms with van der Waals surface area (Å²) in [6.07, 6.45) is 1.73. The number of carbonyl (C=O) groups excluding carboxylic acids is 1. The minimum absolute atomic E-state index is 0.120. The Morgan fingerprint density at radius 1 is 1.21 bits per heavy atom. The highest BCUT2D eigenvalue weighted by Gasteiger charge is 2.08. The third-order valence-corrected chi connectivity index (χ3v) is 3.10. The summed E-state index contributed by atoms with van der Waals surface area (Å²) in [6, 6.07) is 13.2. The number of aromatic nitrogens is 2. The molecule has 19 heavy (non-hydrogen) atoms. The fourth-order valence-electron chi connectivity index (χ4n) is 1.99. The number of carbonyl (C=O) groups is 1. The highest BCUT2D eigenvalue weighted by molar-refractivity contribution is 6.06. The van der Waals surface area contributed by atoms with Crippen molar-refractivity contribution in [1.29, 1.82) is 0 Å². The second kappa shape index (κ2) is 4.57. The van der Waals surface area contributed by atoms with Gasteiger partial charge in [0.25, 0.3) is 5.91 Å². The highest BCUT2D eigenvalue weighted by atomic mass is 16.1. The third-order valence-electron chi connectivity index (χ3n) is 3.10. The predicted octanol–water partition coefficient (Wildman–Crippen LogP) is 3.12. The number of hydrogen-bond donors (Lipinski definition) is 2. The van der Waals surface area contributed by atoms with E-state index < -0.39 is 0 Å². The van der Waals surface area contributed by atoms with Gasteiger partial charge in [-0.3, -0.25) is 9.89 Å². The smallest absolute Gasteiger partial charge is 0.255 e. The molecular formula is C15H13N3O. The van der Waals surface area contributed by atoms with Crippen LogP contribution < -0.4 is 5.32 Å². The molecule has 1 amide bonds. The molecule has 0 unspecified atom stereocenters. The van der Waals surface area contributed by atoms with Gasteiger partial charge in [-0.2, -0.15) is 5.10 Å². The van der Waals surface area contributed by atoms with E-state index in [1.165, 1.54) is 0 Å². The largest absolute Gasteiger partial charge is 0.322 e. The molecule has 0 aliphatic carbocycles. The fraction of sp³-hybridized carbons (Fsp3) is 0.0667. The molecule has 2 N–H and O–H groups in total. The lowest BCUT2D eigenvalue weighted by Gasteiger charge is -2.08. The number of amides is 1. The number of aromatic amines is 1. The average Bonchev–Trinajstić information content (AvgIpc) is 2.88. The van der Waals surface area contributed by atoms with Gasteiger partial charge in [-0.15, -0.1) is 0 Å². The quantitative estimate of drug-likeness (QED) is 0.735. The summed E-state index contributed by atoms with van der Waals surface area (Å²) in [5.74, 6) is -0.120. The first-order chi connectivity index (χ1) is 9.24. The van der Waals surface area contributed by atoms with E-state index in [9.17, 15) is 4.79 Å². The van der Waals surface area contributed by atoms with E-state index >= 15 is 0 Å². The zero-order valence-electron chi connectivity index (χ0n) is 10.5. The molecule has 3 aromatic rings. The second-order valence-electron chi connectivity index (χ2n) is 4.44. The molecule has 0 spiro atoms. The first-order valence-corrected chi connectivity index (χ1v) is 6.04. The van der Waals surface area contributed by atoms with Gasteiger partial charge in [0.05, 0.1) is 11.7 Å². The lowest BCUT2D eigenvalue weighted by molar-refractivity contribution is 0.102. The maximum absolute atomic E-state index is 12.2. The summed E-state index contributed by atoms with van der Waals surface area (Å²) < 4.78 is 0. The van der Waals surface area contributed by atoms with Crippen LogP contribution >= 0.6 is 0 Å². The fourth-order valence-corrected chi connectivity index (χ4v) is 1.99. The number of aryl methyl sites for hydroxylation is 1. The van der Waals surface area contributed by atoms with Crippen LogP contribution in [0.2, 0.25) is 0 Å². The molecule has 4 heteroatoms. The van der Waals surface area contributed by atoms with E-state index in [1.54, 1.807) is 18.3 Å². The van der Waals surface area contributed by atoms with Crippen molar-refractivity contribution in [3.8, 4) is 0 Å². The molecule has 0 bridgehead atoms. The van der Waals surface area contributed by atoms with Crippen LogP contribution in [0.5, 0.6) is 0 Å². The number of nitrogens with one attached hydrogen (secondary N) is 2. The summed E-state index contributed by atoms with van der Waals surface area (Å²) in [7, 11) is 0. The Hall–Kier alpha value is -2.62. The summed E-state index contributed by atoms with van der Waals surface area (Å²) >= 11 is 0. The molecule has 0 aliphatic heterocycles. The molecule has 0 fully saturated rings. The topological polar surface area (TPSA) is 57.8 Å². The normalized spacial score (nSPS) is 10.6. The highest BCUT2D eigenvalue weighted by Crippen LogP contribution is 2.17. The van der Waals surface area contributed by atoms with Gasteiger partial charge < -0.3 is 5.32 Å². The lowest BCUT2D eigenvalue weighted by atomic mass is 10.1. The van der Waals surface area contributed by atoms with E-state index in [0.717, 1.165) is 22.2 Å². The Bertz CT molecular complexity index is 746. The predicted molar refractivity (Wildman–Crippen MR) is 75.2 cm³/mol. The molecule has 0 saturated heterocycles. The summed E-state index contributed by atoms with van der Waals surface area (Å²) in [4.78, 5) is 12.2. The van der Waals surface area contributed by atoms with Gasteiger partial charge in [0.15, 0.2) is 0 Å². The molecule has 2 aromatic carbocycles. The van der Waals surface area contributed by atoms with Crippen molar-refractivity contribution >= 4 is 22.5 Å². The summed E-state index contributed by atoms with van der Waals surface area (Å²) in [5.41, 5.74) is 3.34. The van der Waals surface area contributed by atoms with E-state index in [-0.39, 0.29) is 5.91 Å². The molecule has 1 heterocycles. The Labute approximate surface area is 110 Å². The van der Waals surface area contributed by atoms with Crippen molar-refractivity contribution in [3.63, 3.8) is 0 Å². The molecule has 94 valence electrons. The number of benzene rings is 2. The van der Waals surface area contributed by atoms with Gasteiger partial charge in [-0.25, -0.2) is 0 Å². The summed E-state index contributed by atoms with van der Waals surface area (Å²) in [6.45, 7) is 1.97. The number of para-hydroxylation sites is 1. The number of fused-ring (bicyclic) bond motifs is 1. The van der Waals surface area contributed by atoms with Crippen LogP contribution in [-0.2, 0) is 0 Å². The summed E-state index contributed by atoms with van der Waals surface area (Å²) in [5, 5.41) is 10.7. The Kier molecular flexibility index (Phi) is 2.76. The zero-order valence-corrected chi connectivity index (χ0v) is 10.5. The van der Waals surface area contributed by atoms with E-state index in [4.69, 9.17) is 0 Å². The van der Waals surface area contributed by atoms with Gasteiger partial charge in [0.1, 0.15) is 0 Å². The van der Waals surface area contributed by atoms with Crippen LogP contribution in [0.3, 0.4) is 0 Å². The monoisotopic (exact) mass is 251 g/mol. The number of nitrogens with zero attached hydrogens (tertiary/aromatic N) is 1. The van der Waals surface area contributed by atoms with Crippen LogP contribution in [0.4, 0.5) is 5.69 Å². The first kappa shape index (κ1) is 11.5. The second-order valence-corrected chi connectivity index (χ2v) is 4.44. The SMILES string of the molecule is Cc1ccccc1NC(=O)c1ccc2cn[nH]c2c1. The average molecular weight is 251 g/mol. The van der Waals surface area contributed by atoms with E-state index in [0.29, 0.717) is 5.56 Å². The molecule has 0 aliphatic rings. The lowest BCUT2D eigenvalue weighted by Crippen LogP contribution is -2.12. The van der Waals surface area contributed by atoms with Gasteiger partial charge in [-0.1, -0.05) is 24.3 Å². The van der Waals surface area contributed by atoms with Gasteiger partial charge in [0, 0.05) is 16.6 Å². The standard InChI is InChI=1S/C15H13N3O/c1-10-4-2-3-5-13(10)17-15(19)11-6-7-12-9-16-18-14(12)8-11/h2-9H,1H3,(H,16,18)(H,17,19). The van der Waals surface area contributed by atoms with Crippen LogP contribution in [0.1, 0.15) is 15.9 Å². The van der Waals surface area contributed by atoms with E-state index in [2.05, 4.69) is 15.5 Å². The Morgan fingerprint density at radius 3 is 2.89 bits per heavy atom. The molecule has 1 aromatic heterocycles. The van der Waals surface area contributed by atoms with Crippen LogP contribution in [-0.4, -0.2) is 16.1 Å². The number of hydrogen-bond acceptors (Lipinski definition) is 2. The van der Waals surface area contributed by atoms with E-state index in [1.807, 2.05) is 37.3 Å². The minimum Gasteiger partial charge on any atom is -0.322 e. The molecule has 0 radical (unpaired) electrons. The Balaban J connectivity index is 1.89. The number of H-pyrrole nitrogens is 1. The zero-order chi connectivity index (χ0) is 13.2. The maximum Gasteiger partial charge on any atom is 0.255 e. The van der Waals surface area contributed by atoms with Crippen molar-refractivity contribution in [1.82, 2.24) is 10.2 Å². The van der Waals surface area contributed by atoms with Crippen molar-refractivity contribution in [2.75, 3.05) is 5.32 Å². The van der Waals surface area contributed by atoms with Gasteiger partial charge in [-0.05, 0) is 30.7 Å². The molecule has 0 saturated carbocycles. The van der Waals surface area contributed by atoms with Crippen LogP contribution in [0, 0.1) is 6.92 Å². The maximum atomic E-state index is 12.2. The third kappa shape index (κ3) is 2.20. The molecule has 3 rings (SSSR count). The number of rotatable bonds is 2.